The molecule has 0 saturated heterocycles. The Morgan fingerprint density at radius 3 is 2.74 bits per heavy atom. The van der Waals surface area contributed by atoms with Gasteiger partial charge in [0.25, 0.3) is 0 Å². The molecule has 19 heavy (non-hydrogen) atoms. The molecule has 108 valence electrons. The molecule has 0 radical (unpaired) electrons. The number of benzene rings is 1. The Morgan fingerprint density at radius 2 is 2.16 bits per heavy atom. The van der Waals surface area contributed by atoms with Crippen molar-refractivity contribution in [1.29, 1.82) is 0 Å². The van der Waals surface area contributed by atoms with E-state index < -0.39 is 15.8 Å². The first kappa shape index (κ1) is 16.7. The lowest BCUT2D eigenvalue weighted by Gasteiger charge is -2.15. The van der Waals surface area contributed by atoms with Gasteiger partial charge in [-0.3, -0.25) is 0 Å². The van der Waals surface area contributed by atoms with Crippen LogP contribution in [0, 0.1) is 5.82 Å². The number of nitrogens with one attached hydrogen (secondary N) is 1. The molecule has 1 rings (SSSR count). The summed E-state index contributed by atoms with van der Waals surface area (Å²) < 4.78 is 40.1. The van der Waals surface area contributed by atoms with Crippen molar-refractivity contribution in [2.24, 2.45) is 0 Å². The van der Waals surface area contributed by atoms with Gasteiger partial charge in [0, 0.05) is 6.04 Å². The number of rotatable bonds is 6. The molecular formula is C11H16BrFN2O2S2. The molecule has 8 heteroatoms. The number of thioether (sulfide) groups is 1. The molecule has 0 fully saturated rings. The average Bonchev–Trinajstić information content (AvgIpc) is 2.30. The van der Waals surface area contributed by atoms with Crippen LogP contribution in [0.2, 0.25) is 0 Å². The van der Waals surface area contributed by atoms with Crippen molar-refractivity contribution in [1.82, 2.24) is 4.72 Å². The summed E-state index contributed by atoms with van der Waals surface area (Å²) in [6, 6.07) is 1.96. The van der Waals surface area contributed by atoms with E-state index in [9.17, 15) is 12.8 Å². The van der Waals surface area contributed by atoms with E-state index in [-0.39, 0.29) is 21.1 Å². The number of hydrogen-bond donors (Lipinski definition) is 2. The minimum Gasteiger partial charge on any atom is -0.398 e. The van der Waals surface area contributed by atoms with Crippen LogP contribution >= 0.6 is 27.7 Å². The van der Waals surface area contributed by atoms with Crippen molar-refractivity contribution in [3.8, 4) is 0 Å². The second-order valence-electron chi connectivity index (χ2n) is 4.11. The summed E-state index contributed by atoms with van der Waals surface area (Å²) in [6.45, 7) is 1.78. The lowest BCUT2D eigenvalue weighted by molar-refractivity contribution is 0.557. The van der Waals surface area contributed by atoms with Crippen LogP contribution in [-0.4, -0.2) is 26.5 Å². The summed E-state index contributed by atoms with van der Waals surface area (Å²) >= 11 is 4.60. The molecule has 0 amide bonds. The predicted molar refractivity (Wildman–Crippen MR) is 81.3 cm³/mol. The Labute approximate surface area is 125 Å². The first-order valence-corrected chi connectivity index (χ1v) is 9.20. The van der Waals surface area contributed by atoms with Gasteiger partial charge in [-0.1, -0.05) is 0 Å². The van der Waals surface area contributed by atoms with Crippen LogP contribution < -0.4 is 10.5 Å². The quantitative estimate of drug-likeness (QED) is 0.754. The maximum atomic E-state index is 13.2. The van der Waals surface area contributed by atoms with E-state index in [0.29, 0.717) is 6.42 Å². The molecule has 0 heterocycles. The Morgan fingerprint density at radius 1 is 1.53 bits per heavy atom. The van der Waals surface area contributed by atoms with Crippen LogP contribution in [0.3, 0.4) is 0 Å². The Hall–Kier alpha value is -0.310. The largest absolute Gasteiger partial charge is 0.398 e. The number of anilines is 1. The standard InChI is InChI=1S/C11H16BrFN2O2S2/c1-7(3-4-18-2)15-19(16,17)11-5-8(12)9(13)6-10(11)14/h5-7,15H,3-4,14H2,1-2H3. The molecule has 0 bridgehead atoms. The highest BCUT2D eigenvalue weighted by Crippen LogP contribution is 2.26. The molecule has 1 aromatic carbocycles. The molecule has 1 unspecified atom stereocenters. The number of halogens is 2. The van der Waals surface area contributed by atoms with Gasteiger partial charge in [0.15, 0.2) is 0 Å². The smallest absolute Gasteiger partial charge is 0.242 e. The highest BCUT2D eigenvalue weighted by molar-refractivity contribution is 9.10. The summed E-state index contributed by atoms with van der Waals surface area (Å²) in [5, 5.41) is 0. The highest BCUT2D eigenvalue weighted by Gasteiger charge is 2.21. The maximum absolute atomic E-state index is 13.2. The molecule has 0 spiro atoms. The molecule has 0 aliphatic heterocycles. The summed E-state index contributed by atoms with van der Waals surface area (Å²) in [7, 11) is -3.74. The molecule has 1 atom stereocenters. The third kappa shape index (κ3) is 4.62. The molecule has 1 aromatic rings. The Balaban J connectivity index is 2.98. The molecule has 3 N–H and O–H groups in total. The topological polar surface area (TPSA) is 72.2 Å². The molecule has 0 aromatic heterocycles. The van der Waals surface area contributed by atoms with Crippen LogP contribution in [0.4, 0.5) is 10.1 Å². The molecular weight excluding hydrogens is 355 g/mol. The fourth-order valence-electron chi connectivity index (χ4n) is 1.46. The van der Waals surface area contributed by atoms with Gasteiger partial charge in [-0.25, -0.2) is 17.5 Å². The maximum Gasteiger partial charge on any atom is 0.242 e. The van der Waals surface area contributed by atoms with Crippen LogP contribution in [0.1, 0.15) is 13.3 Å². The molecule has 0 saturated carbocycles. The van der Waals surface area contributed by atoms with Crippen molar-refractivity contribution in [3.05, 3.63) is 22.4 Å². The van der Waals surface area contributed by atoms with Gasteiger partial charge < -0.3 is 5.73 Å². The lowest BCUT2D eigenvalue weighted by Crippen LogP contribution is -2.33. The van der Waals surface area contributed by atoms with Crippen molar-refractivity contribution in [3.63, 3.8) is 0 Å². The van der Waals surface area contributed by atoms with Crippen molar-refractivity contribution in [2.75, 3.05) is 17.7 Å². The van der Waals surface area contributed by atoms with Gasteiger partial charge in [0.2, 0.25) is 10.0 Å². The SMILES string of the molecule is CSCCC(C)NS(=O)(=O)c1cc(Br)c(F)cc1N. The average molecular weight is 371 g/mol. The monoisotopic (exact) mass is 370 g/mol. The fourth-order valence-corrected chi connectivity index (χ4v) is 3.96. The van der Waals surface area contributed by atoms with E-state index in [4.69, 9.17) is 5.73 Å². The minimum atomic E-state index is -3.74. The lowest BCUT2D eigenvalue weighted by atomic mass is 10.3. The number of nitrogens with two attached hydrogens (primary N) is 1. The fraction of sp³-hybridized carbons (Fsp3) is 0.455. The number of sulfonamides is 1. The van der Waals surface area contributed by atoms with E-state index >= 15 is 0 Å². The summed E-state index contributed by atoms with van der Waals surface area (Å²) in [4.78, 5) is -0.114. The van der Waals surface area contributed by atoms with Gasteiger partial charge in [0.1, 0.15) is 10.7 Å². The Bertz CT molecular complexity index is 552. The third-order valence-corrected chi connectivity index (χ3v) is 5.35. The van der Waals surface area contributed by atoms with E-state index in [0.717, 1.165) is 11.8 Å². The van der Waals surface area contributed by atoms with Gasteiger partial charge in [-0.05, 0) is 53.4 Å². The number of nitrogen functional groups attached to an aromatic ring is 1. The van der Waals surface area contributed by atoms with Gasteiger partial charge in [0.05, 0.1) is 10.2 Å². The second kappa shape index (κ2) is 6.92. The second-order valence-corrected chi connectivity index (χ2v) is 7.63. The zero-order valence-corrected chi connectivity index (χ0v) is 13.8. The third-order valence-electron chi connectivity index (χ3n) is 2.45. The van der Waals surface area contributed by atoms with Crippen LogP contribution in [0.15, 0.2) is 21.5 Å². The van der Waals surface area contributed by atoms with Crippen molar-refractivity contribution >= 4 is 43.4 Å². The van der Waals surface area contributed by atoms with Gasteiger partial charge in [-0.2, -0.15) is 11.8 Å². The zero-order chi connectivity index (χ0) is 14.6. The summed E-state index contributed by atoms with van der Waals surface area (Å²) in [5.41, 5.74) is 5.46. The highest BCUT2D eigenvalue weighted by atomic mass is 79.9. The zero-order valence-electron chi connectivity index (χ0n) is 10.6. The van der Waals surface area contributed by atoms with Crippen LogP contribution in [0.5, 0.6) is 0 Å². The minimum absolute atomic E-state index is 0.0684. The molecule has 4 nitrogen and oxygen atoms in total. The van der Waals surface area contributed by atoms with Crippen LogP contribution in [-0.2, 0) is 10.0 Å². The van der Waals surface area contributed by atoms with Crippen molar-refractivity contribution in [2.45, 2.75) is 24.3 Å². The van der Waals surface area contributed by atoms with Crippen molar-refractivity contribution < 1.29 is 12.8 Å². The van der Waals surface area contributed by atoms with Gasteiger partial charge >= 0.3 is 0 Å². The first-order valence-electron chi connectivity index (χ1n) is 5.53. The Kier molecular flexibility index (Phi) is 6.10. The van der Waals surface area contributed by atoms with E-state index in [1.54, 1.807) is 18.7 Å². The molecule has 0 aliphatic carbocycles. The van der Waals surface area contributed by atoms with E-state index in [2.05, 4.69) is 20.7 Å². The van der Waals surface area contributed by atoms with E-state index in [1.165, 1.54) is 6.07 Å². The molecule has 0 aliphatic rings. The first-order chi connectivity index (χ1) is 8.77. The summed E-state index contributed by atoms with van der Waals surface area (Å²) in [5.74, 6) is 0.263. The normalized spacial score (nSPS) is 13.5. The van der Waals surface area contributed by atoms with Crippen LogP contribution in [0.25, 0.3) is 0 Å². The number of hydrogen-bond acceptors (Lipinski definition) is 4. The predicted octanol–water partition coefficient (Wildman–Crippen LogP) is 2.59. The summed E-state index contributed by atoms with van der Waals surface area (Å²) in [6.07, 6.45) is 2.67. The van der Waals surface area contributed by atoms with E-state index in [1.807, 2.05) is 6.26 Å². The van der Waals surface area contributed by atoms with Gasteiger partial charge in [-0.15, -0.1) is 0 Å².